The number of nitrogens with zero attached hydrogens (tertiary/aromatic N) is 3. The molecule has 0 saturated carbocycles. The molecule has 4 rings (SSSR count). The zero-order chi connectivity index (χ0) is 26.0. The topological polar surface area (TPSA) is 79.1 Å². The summed E-state index contributed by atoms with van der Waals surface area (Å²) in [6, 6.07) is 4.46. The van der Waals surface area contributed by atoms with Gasteiger partial charge in [0.2, 0.25) is 11.8 Å². The van der Waals surface area contributed by atoms with Gasteiger partial charge in [-0.1, -0.05) is 31.5 Å². The number of hydrogen-bond acceptors (Lipinski definition) is 5. The zero-order valence-corrected chi connectivity index (χ0v) is 22.4. The summed E-state index contributed by atoms with van der Waals surface area (Å²) < 4.78 is 20.6. The lowest BCUT2D eigenvalue weighted by Crippen LogP contribution is -2.59. The molecule has 0 unspecified atom stereocenters. The lowest BCUT2D eigenvalue weighted by Gasteiger charge is -2.42. The molecule has 3 aliphatic heterocycles. The first-order chi connectivity index (χ1) is 17.2. The molecule has 3 heterocycles. The highest BCUT2D eigenvalue weighted by atomic mass is 35.5. The molecule has 1 aromatic rings. The van der Waals surface area contributed by atoms with Crippen molar-refractivity contribution in [3.8, 4) is 0 Å². The van der Waals surface area contributed by atoms with E-state index in [1.54, 1.807) is 17.0 Å². The number of rotatable bonds is 6. The second-order valence-corrected chi connectivity index (χ2v) is 11.5. The van der Waals surface area contributed by atoms with Crippen LogP contribution >= 0.6 is 11.6 Å². The Balaban J connectivity index is 1.49. The highest BCUT2D eigenvalue weighted by Gasteiger charge is 2.45. The van der Waals surface area contributed by atoms with Gasteiger partial charge in [0.15, 0.2) is 0 Å². The Morgan fingerprint density at radius 2 is 1.89 bits per heavy atom. The standard InChI is InChI=1S/C27H40ClFN4O3/c1-17(2)12-25(30)27(35)31-8-9-33(18(3)14-31)26(34)23-16-32(20-6-10-36-11-7-20)15-22(23)21-5-4-19(28)13-24(21)29/h4-5,13,17-18,20,22-23,25H,6-12,14-16,30H2,1-3H3/t18-,22-,23+,25-/m0/s1. The predicted octanol–water partition coefficient (Wildman–Crippen LogP) is 3.11. The Labute approximate surface area is 219 Å². The van der Waals surface area contributed by atoms with E-state index in [1.165, 1.54) is 6.07 Å². The van der Waals surface area contributed by atoms with Crippen LogP contribution in [-0.2, 0) is 14.3 Å². The largest absolute Gasteiger partial charge is 0.381 e. The molecule has 9 heteroatoms. The molecule has 0 radical (unpaired) electrons. The molecule has 2 amide bonds. The molecule has 0 bridgehead atoms. The van der Waals surface area contributed by atoms with E-state index in [1.807, 2.05) is 11.8 Å². The summed E-state index contributed by atoms with van der Waals surface area (Å²) in [6.45, 7) is 10.1. The van der Waals surface area contributed by atoms with E-state index in [4.69, 9.17) is 22.1 Å². The number of benzene rings is 1. The Morgan fingerprint density at radius 3 is 2.53 bits per heavy atom. The van der Waals surface area contributed by atoms with E-state index in [9.17, 15) is 9.59 Å². The molecule has 0 spiro atoms. The summed E-state index contributed by atoms with van der Waals surface area (Å²) in [6.07, 6.45) is 2.49. The SMILES string of the molecule is CC(C)C[C@H](N)C(=O)N1CCN(C(=O)[C@@H]2CN(C3CCOCC3)C[C@H]2c2ccc(Cl)cc2F)[C@@H](C)C1. The maximum atomic E-state index is 15.0. The van der Waals surface area contributed by atoms with Crippen molar-refractivity contribution < 1.29 is 18.7 Å². The highest BCUT2D eigenvalue weighted by Crippen LogP contribution is 2.38. The van der Waals surface area contributed by atoms with E-state index < -0.39 is 6.04 Å². The molecule has 3 aliphatic rings. The van der Waals surface area contributed by atoms with E-state index >= 15 is 4.39 Å². The molecule has 3 fully saturated rings. The average molecular weight is 523 g/mol. The van der Waals surface area contributed by atoms with Crippen LogP contribution in [0.5, 0.6) is 0 Å². The fourth-order valence-corrected chi connectivity index (χ4v) is 6.25. The smallest absolute Gasteiger partial charge is 0.239 e. The first kappa shape index (κ1) is 27.3. The van der Waals surface area contributed by atoms with Gasteiger partial charge in [0.1, 0.15) is 5.82 Å². The van der Waals surface area contributed by atoms with Gasteiger partial charge < -0.3 is 20.3 Å². The van der Waals surface area contributed by atoms with Crippen LogP contribution in [0, 0.1) is 17.7 Å². The van der Waals surface area contributed by atoms with Crippen molar-refractivity contribution in [2.24, 2.45) is 17.6 Å². The minimum atomic E-state index is -0.514. The second kappa shape index (κ2) is 11.8. The minimum absolute atomic E-state index is 0.0370. The van der Waals surface area contributed by atoms with Gasteiger partial charge in [0.05, 0.1) is 12.0 Å². The van der Waals surface area contributed by atoms with Crippen LogP contribution in [0.2, 0.25) is 5.02 Å². The van der Waals surface area contributed by atoms with Crippen LogP contribution in [0.15, 0.2) is 18.2 Å². The predicted molar refractivity (Wildman–Crippen MR) is 138 cm³/mol. The van der Waals surface area contributed by atoms with Crippen molar-refractivity contribution in [1.29, 1.82) is 0 Å². The third-order valence-corrected chi connectivity index (χ3v) is 8.23. The number of carbonyl (C=O) groups is 2. The van der Waals surface area contributed by atoms with Crippen molar-refractivity contribution in [3.05, 3.63) is 34.6 Å². The molecule has 3 saturated heterocycles. The summed E-state index contributed by atoms with van der Waals surface area (Å²) >= 11 is 6.02. The first-order valence-electron chi connectivity index (χ1n) is 13.3. The third-order valence-electron chi connectivity index (χ3n) is 8.00. The van der Waals surface area contributed by atoms with Crippen molar-refractivity contribution in [1.82, 2.24) is 14.7 Å². The van der Waals surface area contributed by atoms with Crippen LogP contribution in [0.3, 0.4) is 0 Å². The fraction of sp³-hybridized carbons (Fsp3) is 0.704. The molecule has 7 nitrogen and oxygen atoms in total. The number of nitrogens with two attached hydrogens (primary N) is 1. The van der Waals surface area contributed by atoms with E-state index in [2.05, 4.69) is 18.7 Å². The fourth-order valence-electron chi connectivity index (χ4n) is 6.09. The van der Waals surface area contributed by atoms with E-state index in [0.29, 0.717) is 74.9 Å². The van der Waals surface area contributed by atoms with Crippen LogP contribution in [0.1, 0.15) is 51.5 Å². The van der Waals surface area contributed by atoms with Crippen LogP contribution in [0.25, 0.3) is 0 Å². The highest BCUT2D eigenvalue weighted by molar-refractivity contribution is 6.30. The van der Waals surface area contributed by atoms with Gasteiger partial charge in [0.25, 0.3) is 0 Å². The number of hydrogen-bond donors (Lipinski definition) is 1. The summed E-state index contributed by atoms with van der Waals surface area (Å²) in [4.78, 5) is 32.8. The molecule has 1 aromatic carbocycles. The van der Waals surface area contributed by atoms with Crippen molar-refractivity contribution in [2.45, 2.75) is 64.1 Å². The lowest BCUT2D eigenvalue weighted by molar-refractivity contribution is -0.146. The van der Waals surface area contributed by atoms with Gasteiger partial charge in [-0.05, 0) is 49.8 Å². The van der Waals surface area contributed by atoms with Gasteiger partial charge in [-0.15, -0.1) is 0 Å². The monoisotopic (exact) mass is 522 g/mol. The van der Waals surface area contributed by atoms with E-state index in [-0.39, 0.29) is 35.5 Å². The second-order valence-electron chi connectivity index (χ2n) is 11.1. The van der Waals surface area contributed by atoms with Gasteiger partial charge in [-0.25, -0.2) is 4.39 Å². The summed E-state index contributed by atoms with van der Waals surface area (Å²) in [7, 11) is 0. The number of likely N-dealkylation sites (tertiary alicyclic amines) is 1. The van der Waals surface area contributed by atoms with E-state index in [0.717, 1.165) is 12.8 Å². The molecule has 200 valence electrons. The van der Waals surface area contributed by atoms with Gasteiger partial charge >= 0.3 is 0 Å². The first-order valence-corrected chi connectivity index (χ1v) is 13.6. The van der Waals surface area contributed by atoms with Crippen LogP contribution in [0.4, 0.5) is 4.39 Å². The molecule has 0 aliphatic carbocycles. The maximum Gasteiger partial charge on any atom is 0.239 e. The lowest BCUT2D eigenvalue weighted by atomic mass is 9.87. The Hall–Kier alpha value is -1.74. The normalized spacial score (nSPS) is 27.0. The molecule has 36 heavy (non-hydrogen) atoms. The average Bonchev–Trinajstić information content (AvgIpc) is 3.28. The summed E-state index contributed by atoms with van der Waals surface area (Å²) in [5.74, 6) is -0.622. The number of amides is 2. The molecular weight excluding hydrogens is 483 g/mol. The summed E-state index contributed by atoms with van der Waals surface area (Å²) in [5, 5.41) is 0.350. The zero-order valence-electron chi connectivity index (χ0n) is 21.7. The number of carbonyl (C=O) groups excluding carboxylic acids is 2. The van der Waals surface area contributed by atoms with Gasteiger partial charge in [0, 0.05) is 69.0 Å². The molecule has 2 N–H and O–H groups in total. The molecular formula is C27H40ClFN4O3. The number of halogens is 2. The van der Waals surface area contributed by atoms with Gasteiger partial charge in [-0.2, -0.15) is 0 Å². The van der Waals surface area contributed by atoms with Crippen molar-refractivity contribution in [3.63, 3.8) is 0 Å². The van der Waals surface area contributed by atoms with Crippen LogP contribution in [-0.4, -0.2) is 90.6 Å². The number of ether oxygens (including phenoxy) is 1. The van der Waals surface area contributed by atoms with Crippen LogP contribution < -0.4 is 5.73 Å². The summed E-state index contributed by atoms with van der Waals surface area (Å²) in [5.41, 5.74) is 6.70. The van der Waals surface area contributed by atoms with Gasteiger partial charge in [-0.3, -0.25) is 14.5 Å². The van der Waals surface area contributed by atoms with Crippen molar-refractivity contribution in [2.75, 3.05) is 45.9 Å². The quantitative estimate of drug-likeness (QED) is 0.621. The Morgan fingerprint density at radius 1 is 1.17 bits per heavy atom. The molecule has 4 atom stereocenters. The Bertz CT molecular complexity index is 942. The minimum Gasteiger partial charge on any atom is -0.381 e. The van der Waals surface area contributed by atoms with Crippen molar-refractivity contribution >= 4 is 23.4 Å². The third kappa shape index (κ3) is 6.04. The maximum absolute atomic E-state index is 15.0. The number of piperazine rings is 1. The molecule has 0 aromatic heterocycles. The Kier molecular flexibility index (Phi) is 8.92.